The molecule has 0 spiro atoms. The molecule has 0 aliphatic rings. The van der Waals surface area contributed by atoms with Crippen molar-refractivity contribution in [2.24, 2.45) is 5.41 Å². The van der Waals surface area contributed by atoms with E-state index in [1.165, 1.54) is 0 Å². The Morgan fingerprint density at radius 3 is 2.61 bits per heavy atom. The van der Waals surface area contributed by atoms with E-state index in [1.807, 2.05) is 24.3 Å². The zero-order valence-corrected chi connectivity index (χ0v) is 12.8. The third-order valence-electron chi connectivity index (χ3n) is 2.30. The SMILES string of the molecule is CC(C)(C)CNCC(O)COc1ccccc1Br. The van der Waals surface area contributed by atoms with Gasteiger partial charge in [0, 0.05) is 13.1 Å². The summed E-state index contributed by atoms with van der Waals surface area (Å²) >= 11 is 3.40. The van der Waals surface area contributed by atoms with Crippen molar-refractivity contribution in [2.45, 2.75) is 26.9 Å². The van der Waals surface area contributed by atoms with E-state index in [0.717, 1.165) is 16.8 Å². The predicted molar refractivity (Wildman–Crippen MR) is 78.0 cm³/mol. The van der Waals surface area contributed by atoms with Crippen LogP contribution in [0.3, 0.4) is 0 Å². The van der Waals surface area contributed by atoms with E-state index in [4.69, 9.17) is 4.74 Å². The molecule has 1 rings (SSSR count). The van der Waals surface area contributed by atoms with Gasteiger partial charge in [-0.15, -0.1) is 0 Å². The highest BCUT2D eigenvalue weighted by molar-refractivity contribution is 9.10. The summed E-state index contributed by atoms with van der Waals surface area (Å²) in [5.41, 5.74) is 0.225. The maximum Gasteiger partial charge on any atom is 0.133 e. The van der Waals surface area contributed by atoms with Crippen molar-refractivity contribution in [1.29, 1.82) is 0 Å². The quantitative estimate of drug-likeness (QED) is 0.848. The molecule has 0 radical (unpaired) electrons. The summed E-state index contributed by atoms with van der Waals surface area (Å²) in [6, 6.07) is 7.63. The van der Waals surface area contributed by atoms with Gasteiger partial charge >= 0.3 is 0 Å². The Kier molecular flexibility index (Phi) is 6.12. The molecule has 18 heavy (non-hydrogen) atoms. The van der Waals surface area contributed by atoms with Crippen LogP contribution in [0.2, 0.25) is 0 Å². The Balaban J connectivity index is 2.25. The van der Waals surface area contributed by atoms with E-state index in [9.17, 15) is 5.11 Å². The van der Waals surface area contributed by atoms with Gasteiger partial charge in [-0.2, -0.15) is 0 Å². The molecule has 1 unspecified atom stereocenters. The molecule has 0 aromatic heterocycles. The number of ether oxygens (including phenoxy) is 1. The van der Waals surface area contributed by atoms with Gasteiger partial charge in [0.2, 0.25) is 0 Å². The second-order valence-corrected chi connectivity index (χ2v) is 6.44. The minimum Gasteiger partial charge on any atom is -0.490 e. The van der Waals surface area contributed by atoms with E-state index in [0.29, 0.717) is 13.2 Å². The van der Waals surface area contributed by atoms with Crippen molar-refractivity contribution in [2.75, 3.05) is 19.7 Å². The van der Waals surface area contributed by atoms with Crippen molar-refractivity contribution < 1.29 is 9.84 Å². The molecule has 1 atom stereocenters. The fourth-order valence-corrected chi connectivity index (χ4v) is 1.82. The Morgan fingerprint density at radius 1 is 1.33 bits per heavy atom. The summed E-state index contributed by atoms with van der Waals surface area (Å²) in [5.74, 6) is 0.757. The molecule has 4 heteroatoms. The van der Waals surface area contributed by atoms with Crippen LogP contribution >= 0.6 is 15.9 Å². The number of aliphatic hydroxyl groups excluding tert-OH is 1. The van der Waals surface area contributed by atoms with Gasteiger partial charge in [0.25, 0.3) is 0 Å². The summed E-state index contributed by atoms with van der Waals surface area (Å²) in [4.78, 5) is 0. The number of halogens is 1. The number of hydrogen-bond acceptors (Lipinski definition) is 3. The van der Waals surface area contributed by atoms with Gasteiger partial charge in [0.05, 0.1) is 4.47 Å². The molecule has 0 saturated carbocycles. The Hall–Kier alpha value is -0.580. The third kappa shape index (κ3) is 6.38. The molecule has 0 aliphatic carbocycles. The molecule has 102 valence electrons. The van der Waals surface area contributed by atoms with E-state index in [2.05, 4.69) is 42.0 Å². The molecule has 0 fully saturated rings. The van der Waals surface area contributed by atoms with Gasteiger partial charge in [-0.25, -0.2) is 0 Å². The Labute approximate surface area is 118 Å². The van der Waals surface area contributed by atoms with Crippen LogP contribution in [0.1, 0.15) is 20.8 Å². The van der Waals surface area contributed by atoms with Crippen LogP contribution in [-0.4, -0.2) is 30.9 Å². The van der Waals surface area contributed by atoms with Gasteiger partial charge in [-0.05, 0) is 33.5 Å². The number of hydrogen-bond donors (Lipinski definition) is 2. The van der Waals surface area contributed by atoms with Crippen LogP contribution in [0.25, 0.3) is 0 Å². The third-order valence-corrected chi connectivity index (χ3v) is 2.96. The van der Waals surface area contributed by atoms with Gasteiger partial charge in [-0.1, -0.05) is 32.9 Å². The second-order valence-electron chi connectivity index (χ2n) is 5.59. The van der Waals surface area contributed by atoms with E-state index < -0.39 is 6.10 Å². The van der Waals surface area contributed by atoms with Crippen LogP contribution < -0.4 is 10.1 Å². The molecule has 1 aromatic rings. The fraction of sp³-hybridized carbons (Fsp3) is 0.571. The summed E-state index contributed by atoms with van der Waals surface area (Å²) in [5, 5.41) is 13.0. The first kappa shape index (κ1) is 15.5. The maximum absolute atomic E-state index is 9.80. The largest absolute Gasteiger partial charge is 0.490 e. The Morgan fingerprint density at radius 2 is 2.00 bits per heavy atom. The lowest BCUT2D eigenvalue weighted by molar-refractivity contribution is 0.104. The number of para-hydroxylation sites is 1. The first-order valence-corrected chi connectivity index (χ1v) is 6.94. The molecular formula is C14H22BrNO2. The number of benzene rings is 1. The second kappa shape index (κ2) is 7.12. The molecule has 2 N–H and O–H groups in total. The average molecular weight is 316 g/mol. The van der Waals surface area contributed by atoms with Crippen LogP contribution in [0.5, 0.6) is 5.75 Å². The molecular weight excluding hydrogens is 294 g/mol. The standard InChI is InChI=1S/C14H22BrNO2/c1-14(2,3)10-16-8-11(17)9-18-13-7-5-4-6-12(13)15/h4-7,11,16-17H,8-10H2,1-3H3. The van der Waals surface area contributed by atoms with Crippen molar-refractivity contribution in [3.05, 3.63) is 28.7 Å². The maximum atomic E-state index is 9.80. The molecule has 0 aliphatic heterocycles. The van der Waals surface area contributed by atoms with Crippen molar-refractivity contribution in [1.82, 2.24) is 5.32 Å². The highest BCUT2D eigenvalue weighted by Gasteiger charge is 2.11. The highest BCUT2D eigenvalue weighted by Crippen LogP contribution is 2.23. The lowest BCUT2D eigenvalue weighted by Gasteiger charge is -2.20. The molecule has 0 amide bonds. The van der Waals surface area contributed by atoms with Crippen molar-refractivity contribution >= 4 is 15.9 Å². The van der Waals surface area contributed by atoms with E-state index in [-0.39, 0.29) is 5.41 Å². The molecule has 3 nitrogen and oxygen atoms in total. The van der Waals surface area contributed by atoms with Gasteiger partial charge in [0.15, 0.2) is 0 Å². The molecule has 0 heterocycles. The number of nitrogens with one attached hydrogen (secondary N) is 1. The smallest absolute Gasteiger partial charge is 0.133 e. The van der Waals surface area contributed by atoms with Crippen LogP contribution in [-0.2, 0) is 0 Å². The van der Waals surface area contributed by atoms with Gasteiger partial charge in [-0.3, -0.25) is 0 Å². The number of rotatable bonds is 6. The lowest BCUT2D eigenvalue weighted by atomic mass is 9.97. The average Bonchev–Trinajstić information content (AvgIpc) is 2.26. The summed E-state index contributed by atoms with van der Waals surface area (Å²) in [7, 11) is 0. The minimum atomic E-state index is -0.501. The van der Waals surface area contributed by atoms with Crippen molar-refractivity contribution in [3.63, 3.8) is 0 Å². The monoisotopic (exact) mass is 315 g/mol. The zero-order valence-electron chi connectivity index (χ0n) is 11.2. The number of aliphatic hydroxyl groups is 1. The molecule has 1 aromatic carbocycles. The van der Waals surface area contributed by atoms with E-state index in [1.54, 1.807) is 0 Å². The van der Waals surface area contributed by atoms with Crippen LogP contribution in [0.15, 0.2) is 28.7 Å². The Bertz CT molecular complexity index is 363. The summed E-state index contributed by atoms with van der Waals surface area (Å²) < 4.78 is 6.45. The van der Waals surface area contributed by atoms with Crippen LogP contribution in [0, 0.1) is 5.41 Å². The zero-order chi connectivity index (χ0) is 13.6. The summed E-state index contributed by atoms with van der Waals surface area (Å²) in [6.45, 7) is 8.18. The van der Waals surface area contributed by atoms with Gasteiger partial charge in [0.1, 0.15) is 18.5 Å². The molecule has 0 saturated heterocycles. The first-order valence-electron chi connectivity index (χ1n) is 6.14. The van der Waals surface area contributed by atoms with Crippen molar-refractivity contribution in [3.8, 4) is 5.75 Å². The minimum absolute atomic E-state index is 0.225. The fourth-order valence-electron chi connectivity index (χ4n) is 1.42. The lowest BCUT2D eigenvalue weighted by Crippen LogP contribution is -2.36. The summed E-state index contributed by atoms with van der Waals surface area (Å²) in [6.07, 6.45) is -0.501. The highest BCUT2D eigenvalue weighted by atomic mass is 79.9. The topological polar surface area (TPSA) is 41.5 Å². The van der Waals surface area contributed by atoms with E-state index >= 15 is 0 Å². The molecule has 0 bridgehead atoms. The first-order chi connectivity index (χ1) is 8.38. The van der Waals surface area contributed by atoms with Crippen LogP contribution in [0.4, 0.5) is 0 Å². The van der Waals surface area contributed by atoms with Gasteiger partial charge < -0.3 is 15.2 Å². The normalized spacial score (nSPS) is 13.4. The predicted octanol–water partition coefficient (Wildman–Crippen LogP) is 2.82.